The molecule has 0 amide bonds. The number of hydrogen-bond donors (Lipinski definition) is 3. The van der Waals surface area contributed by atoms with Gasteiger partial charge in [-0.3, -0.25) is 4.98 Å². The quantitative estimate of drug-likeness (QED) is 0.0639. The van der Waals surface area contributed by atoms with Crippen molar-refractivity contribution in [3.05, 3.63) is 113 Å². The zero-order valence-corrected chi connectivity index (χ0v) is 28.5. The summed E-state index contributed by atoms with van der Waals surface area (Å²) in [6.07, 6.45) is 4.72. The first-order valence-electron chi connectivity index (χ1n) is 15.8. The molecule has 5 aromatic rings. The Hall–Kier alpha value is -3.98. The van der Waals surface area contributed by atoms with Crippen LogP contribution in [0, 0.1) is 5.92 Å². The molecule has 0 spiro atoms. The molecule has 1 atom stereocenters. The second-order valence-corrected chi connectivity index (χ2v) is 13.8. The molecule has 3 heterocycles. The van der Waals surface area contributed by atoms with Gasteiger partial charge in [0.25, 0.3) is 0 Å². The average molecular weight is 655 g/mol. The van der Waals surface area contributed by atoms with Crippen molar-refractivity contribution in [1.29, 1.82) is 0 Å². The van der Waals surface area contributed by atoms with Gasteiger partial charge >= 0.3 is 0 Å². The Balaban J connectivity index is 0.000000407. The molecule has 3 aromatic carbocycles. The summed E-state index contributed by atoms with van der Waals surface area (Å²) in [5, 5.41) is 6.06. The molecule has 0 aliphatic carbocycles. The molecule has 0 saturated heterocycles. The van der Waals surface area contributed by atoms with E-state index in [1.54, 1.807) is 0 Å². The highest BCUT2D eigenvalue weighted by Gasteiger charge is 2.28. The van der Waals surface area contributed by atoms with E-state index in [0.717, 1.165) is 47.8 Å². The highest BCUT2D eigenvalue weighted by atomic mass is 35.5. The van der Waals surface area contributed by atoms with Crippen LogP contribution in [-0.4, -0.2) is 20.6 Å². The fraction of sp³-hybridized carbons (Fsp3) is 0.297. The molecule has 0 bridgehead atoms. The van der Waals surface area contributed by atoms with Crippen molar-refractivity contribution in [3.8, 4) is 16.9 Å². The number of benzene rings is 3. The lowest BCUT2D eigenvalue weighted by atomic mass is 10.0. The molecule has 0 fully saturated rings. The van der Waals surface area contributed by atoms with Crippen molar-refractivity contribution in [1.82, 2.24) is 15.0 Å². The Labute approximate surface area is 281 Å². The van der Waals surface area contributed by atoms with Gasteiger partial charge in [-0.05, 0) is 60.2 Å². The van der Waals surface area contributed by atoms with Crippen molar-refractivity contribution >= 4 is 40.1 Å². The Bertz CT molecular complexity index is 1770. The molecular weight excluding hydrogens is 612 g/mol. The first-order chi connectivity index (χ1) is 22.3. The third kappa shape index (κ3) is 7.86. The number of hydrazine groups is 1. The molecule has 46 heavy (non-hydrogen) atoms. The lowest BCUT2D eigenvalue weighted by Gasteiger charge is -2.22. The van der Waals surface area contributed by atoms with Crippen LogP contribution >= 0.6 is 23.4 Å². The lowest BCUT2D eigenvalue weighted by Crippen LogP contribution is -2.32. The van der Waals surface area contributed by atoms with E-state index >= 15 is 0 Å². The standard InChI is InChI=1S/C32H29ClN2OS.C5H14N4/c1-3-28-32-31-27(17-21(2)37-32)30(16-15-29(31)35(28)19-22-9-12-25(33)13-10-22)36-20-26-14-11-24(18-34-26)23-7-5-4-6-8-23;1-4(2)3-5(8-6)9-7/h4-16,18,21H,3,17,19-20H2,1-2H3;4H,3,6-7H2,1-2H3,(H,8,9). The van der Waals surface area contributed by atoms with Gasteiger partial charge in [0.2, 0.25) is 0 Å². The third-order valence-electron chi connectivity index (χ3n) is 7.98. The second kappa shape index (κ2) is 15.5. The van der Waals surface area contributed by atoms with Crippen molar-refractivity contribution in [3.63, 3.8) is 0 Å². The fourth-order valence-electron chi connectivity index (χ4n) is 5.80. The molecule has 0 radical (unpaired) electrons. The summed E-state index contributed by atoms with van der Waals surface area (Å²) in [7, 11) is 0. The molecule has 6 rings (SSSR count). The summed E-state index contributed by atoms with van der Waals surface area (Å²) in [6.45, 7) is 10.0. The third-order valence-corrected chi connectivity index (χ3v) is 9.48. The number of thioether (sulfide) groups is 1. The van der Waals surface area contributed by atoms with Gasteiger partial charge in [0.15, 0.2) is 0 Å². The summed E-state index contributed by atoms with van der Waals surface area (Å²) >= 11 is 8.14. The van der Waals surface area contributed by atoms with Gasteiger partial charge in [0.1, 0.15) is 18.2 Å². The number of hydrazone groups is 1. The van der Waals surface area contributed by atoms with Crippen molar-refractivity contribution < 1.29 is 4.74 Å². The molecule has 1 aliphatic heterocycles. The average Bonchev–Trinajstić information content (AvgIpc) is 3.37. The smallest absolute Gasteiger partial charge is 0.136 e. The van der Waals surface area contributed by atoms with E-state index < -0.39 is 0 Å². The van der Waals surface area contributed by atoms with Gasteiger partial charge < -0.3 is 20.6 Å². The maximum absolute atomic E-state index is 6.42. The molecule has 7 nitrogen and oxygen atoms in total. The minimum atomic E-state index is 0.455. The monoisotopic (exact) mass is 654 g/mol. The number of nitrogens with two attached hydrogens (primary N) is 2. The first kappa shape index (κ1) is 33.4. The van der Waals surface area contributed by atoms with E-state index in [-0.39, 0.29) is 0 Å². The summed E-state index contributed by atoms with van der Waals surface area (Å²) in [4.78, 5) is 6.09. The summed E-state index contributed by atoms with van der Waals surface area (Å²) < 4.78 is 8.91. The Morgan fingerprint density at radius 1 is 1.07 bits per heavy atom. The molecule has 5 N–H and O–H groups in total. The van der Waals surface area contributed by atoms with Crippen LogP contribution in [0.4, 0.5) is 0 Å². The zero-order valence-electron chi connectivity index (χ0n) is 27.0. The number of amidine groups is 1. The summed E-state index contributed by atoms with van der Waals surface area (Å²) in [5.41, 5.74) is 10.9. The minimum Gasteiger partial charge on any atom is -0.487 e. The van der Waals surface area contributed by atoms with Crippen LogP contribution in [0.15, 0.2) is 95.1 Å². The summed E-state index contributed by atoms with van der Waals surface area (Å²) in [6, 6.07) is 27.1. The number of nitrogens with zero attached hydrogens (tertiary/aromatic N) is 3. The normalized spacial score (nSPS) is 14.2. The van der Waals surface area contributed by atoms with Crippen molar-refractivity contribution in [2.24, 2.45) is 22.7 Å². The summed E-state index contributed by atoms with van der Waals surface area (Å²) in [5.74, 6) is 12.2. The molecule has 0 saturated carbocycles. The number of rotatable bonds is 9. The Morgan fingerprint density at radius 2 is 1.83 bits per heavy atom. The van der Waals surface area contributed by atoms with E-state index in [0.29, 0.717) is 23.6 Å². The predicted octanol–water partition coefficient (Wildman–Crippen LogP) is 8.35. The molecule has 9 heteroatoms. The van der Waals surface area contributed by atoms with Crippen LogP contribution in [0.5, 0.6) is 5.75 Å². The largest absolute Gasteiger partial charge is 0.487 e. The predicted molar refractivity (Wildman–Crippen MR) is 193 cm³/mol. The fourth-order valence-corrected chi connectivity index (χ4v) is 7.32. The van der Waals surface area contributed by atoms with Gasteiger partial charge in [-0.25, -0.2) is 5.84 Å². The van der Waals surface area contributed by atoms with Crippen molar-refractivity contribution in [2.45, 2.75) is 70.3 Å². The maximum Gasteiger partial charge on any atom is 0.136 e. The zero-order chi connectivity index (χ0) is 32.6. The Morgan fingerprint density at radius 3 is 2.43 bits per heavy atom. The van der Waals surface area contributed by atoms with Gasteiger partial charge in [-0.1, -0.05) is 87.8 Å². The van der Waals surface area contributed by atoms with Crippen LogP contribution in [0.3, 0.4) is 0 Å². The van der Waals surface area contributed by atoms with Gasteiger partial charge in [0, 0.05) is 56.5 Å². The molecule has 1 aliphatic rings. The molecule has 1 unspecified atom stereocenters. The molecule has 2 aromatic heterocycles. The number of pyridine rings is 1. The number of hydrogen-bond acceptors (Lipinski definition) is 6. The number of aromatic nitrogens is 2. The van der Waals surface area contributed by atoms with E-state index in [9.17, 15) is 0 Å². The van der Waals surface area contributed by atoms with E-state index in [4.69, 9.17) is 28.0 Å². The van der Waals surface area contributed by atoms with Crippen molar-refractivity contribution in [2.75, 3.05) is 0 Å². The molecule has 240 valence electrons. The number of nitrogens with one attached hydrogen (secondary N) is 1. The van der Waals surface area contributed by atoms with Gasteiger partial charge in [-0.2, -0.15) is 5.10 Å². The Kier molecular flexibility index (Phi) is 11.3. The minimum absolute atomic E-state index is 0.455. The molecular formula is C37H43ClN6OS. The number of ether oxygens (including phenoxy) is 1. The van der Waals surface area contributed by atoms with Crippen LogP contribution in [-0.2, 0) is 26.0 Å². The van der Waals surface area contributed by atoms with Crippen LogP contribution in [0.2, 0.25) is 5.02 Å². The number of halogens is 1. The highest BCUT2D eigenvalue weighted by Crippen LogP contribution is 2.47. The van der Waals surface area contributed by atoms with Crippen LogP contribution in [0.25, 0.3) is 22.0 Å². The van der Waals surface area contributed by atoms with Crippen LogP contribution < -0.4 is 21.8 Å². The topological polar surface area (TPSA) is 103 Å². The van der Waals surface area contributed by atoms with E-state index in [1.165, 1.54) is 38.2 Å². The first-order valence-corrected chi connectivity index (χ1v) is 17.0. The SMILES string of the molecule is CC(C)C/C(=N/N)NN.CCc1c2c3c(c(OCc4ccc(-c5ccccc5)cn4)ccc3n1Cc1ccc(Cl)cc1)CC(C)S2. The van der Waals surface area contributed by atoms with Gasteiger partial charge in [-0.15, -0.1) is 11.8 Å². The van der Waals surface area contributed by atoms with E-state index in [2.05, 4.69) is 96.3 Å². The highest BCUT2D eigenvalue weighted by molar-refractivity contribution is 8.00. The van der Waals surface area contributed by atoms with Crippen LogP contribution in [0.1, 0.15) is 56.6 Å². The maximum atomic E-state index is 6.42. The lowest BCUT2D eigenvalue weighted by molar-refractivity contribution is 0.298. The van der Waals surface area contributed by atoms with E-state index in [1.807, 2.05) is 48.3 Å². The van der Waals surface area contributed by atoms with Gasteiger partial charge in [0.05, 0.1) is 11.2 Å². The second-order valence-electron chi connectivity index (χ2n) is 11.9.